The molecule has 1 saturated heterocycles. The van der Waals surface area contributed by atoms with Gasteiger partial charge in [-0.3, -0.25) is 9.69 Å². The Balaban J connectivity index is 2.49. The number of ether oxygens (including phenoxy) is 1. The second-order valence-electron chi connectivity index (χ2n) is 4.67. The summed E-state index contributed by atoms with van der Waals surface area (Å²) in [4.78, 5) is 12.9. The summed E-state index contributed by atoms with van der Waals surface area (Å²) in [7, 11) is 0. The van der Waals surface area contributed by atoms with Gasteiger partial charge in [-0.2, -0.15) is 0 Å². The van der Waals surface area contributed by atoms with Gasteiger partial charge in [0, 0.05) is 31.8 Å². The van der Waals surface area contributed by atoms with E-state index in [0.29, 0.717) is 18.6 Å². The van der Waals surface area contributed by atoms with Crippen LogP contribution in [-0.4, -0.2) is 47.8 Å². The van der Waals surface area contributed by atoms with E-state index in [4.69, 9.17) is 9.84 Å². The fourth-order valence-corrected chi connectivity index (χ4v) is 2.31. The first kappa shape index (κ1) is 13.5. The molecule has 0 aromatic rings. The molecule has 1 aliphatic heterocycles. The monoisotopic (exact) mass is 229 g/mol. The predicted octanol–water partition coefficient (Wildman–Crippen LogP) is 1.74. The van der Waals surface area contributed by atoms with Gasteiger partial charge >= 0.3 is 5.97 Å². The van der Waals surface area contributed by atoms with Crippen molar-refractivity contribution in [3.8, 4) is 0 Å². The van der Waals surface area contributed by atoms with Gasteiger partial charge in [0.05, 0.1) is 6.42 Å². The first-order chi connectivity index (χ1) is 7.61. The lowest BCUT2D eigenvalue weighted by Crippen LogP contribution is -2.41. The molecule has 0 amide bonds. The van der Waals surface area contributed by atoms with E-state index in [2.05, 4.69) is 18.7 Å². The summed E-state index contributed by atoms with van der Waals surface area (Å²) in [6.45, 7) is 6.57. The van der Waals surface area contributed by atoms with Gasteiger partial charge in [0.1, 0.15) is 0 Å². The summed E-state index contributed by atoms with van der Waals surface area (Å²) < 4.78 is 5.44. The topological polar surface area (TPSA) is 49.8 Å². The summed E-state index contributed by atoms with van der Waals surface area (Å²) in [6.07, 6.45) is 3.46. The van der Waals surface area contributed by atoms with Crippen LogP contribution in [0.2, 0.25) is 0 Å². The van der Waals surface area contributed by atoms with Crippen LogP contribution in [0.3, 0.4) is 0 Å². The zero-order valence-electron chi connectivity index (χ0n) is 10.3. The molecule has 1 fully saturated rings. The van der Waals surface area contributed by atoms with Crippen molar-refractivity contribution in [2.24, 2.45) is 0 Å². The largest absolute Gasteiger partial charge is 0.481 e. The number of hydrogen-bond acceptors (Lipinski definition) is 3. The van der Waals surface area contributed by atoms with Crippen molar-refractivity contribution in [2.45, 2.75) is 51.6 Å². The highest BCUT2D eigenvalue weighted by Crippen LogP contribution is 2.18. The Bertz CT molecular complexity index is 210. The van der Waals surface area contributed by atoms with Crippen molar-refractivity contribution in [3.63, 3.8) is 0 Å². The maximum Gasteiger partial charge on any atom is 0.304 e. The van der Waals surface area contributed by atoms with Crippen LogP contribution < -0.4 is 0 Å². The maximum atomic E-state index is 10.6. The van der Waals surface area contributed by atoms with E-state index in [1.54, 1.807) is 0 Å². The zero-order valence-corrected chi connectivity index (χ0v) is 10.3. The quantitative estimate of drug-likeness (QED) is 0.780. The van der Waals surface area contributed by atoms with Crippen LogP contribution in [0, 0.1) is 0 Å². The molecule has 16 heavy (non-hydrogen) atoms. The molecule has 1 rings (SSSR count). The molecule has 1 N–H and O–H groups in total. The lowest BCUT2D eigenvalue weighted by atomic mass is 10.1. The molecule has 1 heterocycles. The third-order valence-electron chi connectivity index (χ3n) is 3.14. The highest BCUT2D eigenvalue weighted by atomic mass is 16.5. The van der Waals surface area contributed by atoms with Crippen molar-refractivity contribution in [2.75, 3.05) is 19.8 Å². The van der Waals surface area contributed by atoms with Crippen LogP contribution in [0.25, 0.3) is 0 Å². The molecular formula is C12H23NO3. The fourth-order valence-electron chi connectivity index (χ4n) is 2.31. The first-order valence-electron chi connectivity index (χ1n) is 6.16. The standard InChI is InChI=1S/C12H23NO3/c1-10(2)13(7-5-12(14)15)11-4-3-8-16-9-6-11/h10-11H,3-9H2,1-2H3,(H,14,15). The molecule has 0 saturated carbocycles. The van der Waals surface area contributed by atoms with Crippen LogP contribution in [0.15, 0.2) is 0 Å². The Kier molecular flexibility index (Phi) is 5.77. The van der Waals surface area contributed by atoms with Crippen LogP contribution in [-0.2, 0) is 9.53 Å². The first-order valence-corrected chi connectivity index (χ1v) is 6.16. The Labute approximate surface area is 97.6 Å². The lowest BCUT2D eigenvalue weighted by Gasteiger charge is -2.33. The van der Waals surface area contributed by atoms with Crippen molar-refractivity contribution in [3.05, 3.63) is 0 Å². The minimum Gasteiger partial charge on any atom is -0.481 e. The number of carboxylic acids is 1. The van der Waals surface area contributed by atoms with Crippen LogP contribution >= 0.6 is 0 Å². The molecule has 0 radical (unpaired) electrons. The number of carbonyl (C=O) groups is 1. The van der Waals surface area contributed by atoms with E-state index in [0.717, 1.165) is 32.5 Å². The summed E-state index contributed by atoms with van der Waals surface area (Å²) in [5.74, 6) is -0.712. The number of aliphatic carboxylic acids is 1. The number of hydrogen-bond donors (Lipinski definition) is 1. The van der Waals surface area contributed by atoms with Gasteiger partial charge in [0.15, 0.2) is 0 Å². The van der Waals surface area contributed by atoms with Crippen LogP contribution in [0.5, 0.6) is 0 Å². The number of nitrogens with zero attached hydrogens (tertiary/aromatic N) is 1. The summed E-state index contributed by atoms with van der Waals surface area (Å²) in [6, 6.07) is 0.893. The highest BCUT2D eigenvalue weighted by molar-refractivity contribution is 5.66. The van der Waals surface area contributed by atoms with Gasteiger partial charge in [0.25, 0.3) is 0 Å². The molecule has 0 aromatic carbocycles. The van der Waals surface area contributed by atoms with Gasteiger partial charge < -0.3 is 9.84 Å². The van der Waals surface area contributed by atoms with Crippen molar-refractivity contribution < 1.29 is 14.6 Å². The maximum absolute atomic E-state index is 10.6. The second kappa shape index (κ2) is 6.86. The van der Waals surface area contributed by atoms with Crippen molar-refractivity contribution >= 4 is 5.97 Å². The smallest absolute Gasteiger partial charge is 0.304 e. The molecule has 0 aromatic heterocycles. The molecule has 0 bridgehead atoms. The molecule has 1 unspecified atom stereocenters. The molecule has 1 atom stereocenters. The van der Waals surface area contributed by atoms with E-state index in [1.165, 1.54) is 0 Å². The van der Waals surface area contributed by atoms with E-state index < -0.39 is 5.97 Å². The Morgan fingerprint density at radius 2 is 2.19 bits per heavy atom. The molecular weight excluding hydrogens is 206 g/mol. The average Bonchev–Trinajstić information content (AvgIpc) is 2.45. The molecule has 1 aliphatic rings. The van der Waals surface area contributed by atoms with Gasteiger partial charge in [-0.15, -0.1) is 0 Å². The zero-order chi connectivity index (χ0) is 12.0. The van der Waals surface area contributed by atoms with E-state index >= 15 is 0 Å². The minimum absolute atomic E-state index is 0.232. The summed E-state index contributed by atoms with van der Waals surface area (Å²) in [5, 5.41) is 8.75. The van der Waals surface area contributed by atoms with Gasteiger partial charge in [-0.25, -0.2) is 0 Å². The lowest BCUT2D eigenvalue weighted by molar-refractivity contribution is -0.137. The Hall–Kier alpha value is -0.610. The van der Waals surface area contributed by atoms with E-state index in [9.17, 15) is 4.79 Å². The molecule has 0 aliphatic carbocycles. The summed E-state index contributed by atoms with van der Waals surface area (Å²) >= 11 is 0. The Morgan fingerprint density at radius 3 is 2.81 bits per heavy atom. The van der Waals surface area contributed by atoms with E-state index in [1.807, 2.05) is 0 Å². The van der Waals surface area contributed by atoms with Gasteiger partial charge in [-0.1, -0.05) is 0 Å². The van der Waals surface area contributed by atoms with Gasteiger partial charge in [0.2, 0.25) is 0 Å². The van der Waals surface area contributed by atoms with Crippen molar-refractivity contribution in [1.82, 2.24) is 4.90 Å². The van der Waals surface area contributed by atoms with Crippen LogP contribution in [0.4, 0.5) is 0 Å². The third-order valence-corrected chi connectivity index (χ3v) is 3.14. The molecule has 4 nitrogen and oxygen atoms in total. The average molecular weight is 229 g/mol. The number of rotatable bonds is 5. The third kappa shape index (κ3) is 4.49. The molecule has 94 valence electrons. The van der Waals surface area contributed by atoms with Gasteiger partial charge in [-0.05, 0) is 33.1 Å². The highest BCUT2D eigenvalue weighted by Gasteiger charge is 2.22. The number of carboxylic acid groups (broad SMARTS) is 1. The van der Waals surface area contributed by atoms with E-state index in [-0.39, 0.29) is 6.42 Å². The molecule has 0 spiro atoms. The van der Waals surface area contributed by atoms with Crippen molar-refractivity contribution in [1.29, 1.82) is 0 Å². The predicted molar refractivity (Wildman–Crippen MR) is 62.6 cm³/mol. The fraction of sp³-hybridized carbons (Fsp3) is 0.917. The normalized spacial score (nSPS) is 22.4. The second-order valence-corrected chi connectivity index (χ2v) is 4.67. The SMILES string of the molecule is CC(C)N(CCC(=O)O)C1CCCOCC1. The Morgan fingerprint density at radius 1 is 1.44 bits per heavy atom. The molecule has 4 heteroatoms. The minimum atomic E-state index is -0.712. The van der Waals surface area contributed by atoms with Crippen LogP contribution in [0.1, 0.15) is 39.5 Å². The summed E-state index contributed by atoms with van der Waals surface area (Å²) in [5.41, 5.74) is 0.